The van der Waals surface area contributed by atoms with E-state index in [9.17, 15) is 23.4 Å². The van der Waals surface area contributed by atoms with Gasteiger partial charge in [0.25, 0.3) is 0 Å². The van der Waals surface area contributed by atoms with Crippen molar-refractivity contribution in [3.63, 3.8) is 0 Å². The van der Waals surface area contributed by atoms with Crippen molar-refractivity contribution in [2.45, 2.75) is 35.8 Å². The molecule has 3 aromatic carbocycles. The summed E-state index contributed by atoms with van der Waals surface area (Å²) >= 11 is 0. The molecule has 4 atom stereocenters. The molecule has 36 heavy (non-hydrogen) atoms. The van der Waals surface area contributed by atoms with E-state index in [0.29, 0.717) is 17.1 Å². The van der Waals surface area contributed by atoms with Gasteiger partial charge in [0.15, 0.2) is 11.2 Å². The lowest BCUT2D eigenvalue weighted by Crippen LogP contribution is -2.52. The third kappa shape index (κ3) is 3.26. The molecule has 0 amide bonds. The molecule has 2 aliphatic rings. The fourth-order valence-electron chi connectivity index (χ4n) is 5.67. The summed E-state index contributed by atoms with van der Waals surface area (Å²) in [7, 11) is 4.38. The molecular formula is C27H25F3O6. The fourth-order valence-corrected chi connectivity index (χ4v) is 5.67. The topological polar surface area (TPSA) is 77.4 Å². The molecule has 1 fully saturated rings. The van der Waals surface area contributed by atoms with Crippen molar-refractivity contribution in [2.24, 2.45) is 0 Å². The molecule has 0 saturated heterocycles. The van der Waals surface area contributed by atoms with Gasteiger partial charge in [-0.3, -0.25) is 0 Å². The van der Waals surface area contributed by atoms with Gasteiger partial charge in [-0.25, -0.2) is 0 Å². The maximum absolute atomic E-state index is 13.6. The van der Waals surface area contributed by atoms with Crippen LogP contribution in [0.15, 0.2) is 60.7 Å². The minimum absolute atomic E-state index is 0.0571. The summed E-state index contributed by atoms with van der Waals surface area (Å²) in [5, 5.41) is 23.7. The van der Waals surface area contributed by atoms with Crippen molar-refractivity contribution in [3.8, 4) is 23.0 Å². The molecule has 0 spiro atoms. The van der Waals surface area contributed by atoms with Crippen LogP contribution in [0.3, 0.4) is 0 Å². The molecule has 0 radical (unpaired) electrons. The fraction of sp³-hybridized carbons (Fsp3) is 0.333. The van der Waals surface area contributed by atoms with Gasteiger partial charge in [-0.2, -0.15) is 13.2 Å². The predicted molar refractivity (Wildman–Crippen MR) is 124 cm³/mol. The van der Waals surface area contributed by atoms with Crippen molar-refractivity contribution in [2.75, 3.05) is 21.3 Å². The third-order valence-electron chi connectivity index (χ3n) is 7.28. The van der Waals surface area contributed by atoms with E-state index >= 15 is 0 Å². The largest absolute Gasteiger partial charge is 0.497 e. The summed E-state index contributed by atoms with van der Waals surface area (Å²) in [6.45, 7) is 0. The van der Waals surface area contributed by atoms with E-state index in [1.165, 1.54) is 27.4 Å². The van der Waals surface area contributed by atoms with Crippen molar-refractivity contribution >= 4 is 0 Å². The Balaban J connectivity index is 1.79. The second-order valence-electron chi connectivity index (χ2n) is 8.96. The third-order valence-corrected chi connectivity index (χ3v) is 7.28. The molecule has 1 aliphatic heterocycles. The Kier molecular flexibility index (Phi) is 5.61. The van der Waals surface area contributed by atoms with Crippen LogP contribution in [-0.4, -0.2) is 37.6 Å². The van der Waals surface area contributed by atoms with Crippen LogP contribution in [0.5, 0.6) is 23.0 Å². The highest BCUT2D eigenvalue weighted by atomic mass is 19.4. The zero-order valence-electron chi connectivity index (χ0n) is 19.8. The number of rotatable bonds is 5. The van der Waals surface area contributed by atoms with E-state index in [-0.39, 0.29) is 29.0 Å². The zero-order chi connectivity index (χ0) is 25.9. The second kappa shape index (κ2) is 8.31. The summed E-state index contributed by atoms with van der Waals surface area (Å²) in [5.74, 6) is 0.522. The molecule has 0 aromatic heterocycles. The van der Waals surface area contributed by atoms with E-state index in [1.54, 1.807) is 42.5 Å². The molecular weight excluding hydrogens is 477 g/mol. The van der Waals surface area contributed by atoms with Crippen LogP contribution < -0.4 is 18.9 Å². The molecule has 6 nitrogen and oxygen atoms in total. The van der Waals surface area contributed by atoms with Crippen LogP contribution in [0.1, 0.15) is 34.6 Å². The molecule has 1 heterocycles. The molecule has 9 heteroatoms. The van der Waals surface area contributed by atoms with Crippen LogP contribution in [0, 0.1) is 0 Å². The summed E-state index contributed by atoms with van der Waals surface area (Å²) < 4.78 is 63.5. The molecule has 1 aliphatic carbocycles. The maximum atomic E-state index is 13.6. The molecule has 0 bridgehead atoms. The summed E-state index contributed by atoms with van der Waals surface area (Å²) in [5.41, 5.74) is -3.61. The van der Waals surface area contributed by atoms with Gasteiger partial charge in [-0.05, 0) is 35.7 Å². The Hall–Kier alpha value is -3.43. The Morgan fingerprint density at radius 1 is 0.917 bits per heavy atom. The molecule has 190 valence electrons. The highest BCUT2D eigenvalue weighted by Crippen LogP contribution is 2.68. The lowest BCUT2D eigenvalue weighted by atomic mass is 9.71. The number of fused-ring (bicyclic) bond motifs is 3. The van der Waals surface area contributed by atoms with Gasteiger partial charge in [0.05, 0.1) is 38.6 Å². The lowest BCUT2D eigenvalue weighted by molar-refractivity contribution is -0.150. The van der Waals surface area contributed by atoms with Gasteiger partial charge in [-0.1, -0.05) is 30.3 Å². The first-order valence-corrected chi connectivity index (χ1v) is 11.3. The van der Waals surface area contributed by atoms with Crippen LogP contribution in [-0.2, 0) is 17.4 Å². The minimum Gasteiger partial charge on any atom is -0.497 e. The van der Waals surface area contributed by atoms with Gasteiger partial charge in [-0.15, -0.1) is 0 Å². The SMILES string of the molecule is COc1ccc(C23Oc4cc(OC)cc(OC)c4C2(O)C(O)CC3c2cccc(C(F)(F)F)c2)cc1. The summed E-state index contributed by atoms with van der Waals surface area (Å²) in [6.07, 6.45) is -6.01. The number of alkyl halides is 3. The van der Waals surface area contributed by atoms with Crippen LogP contribution in [0.4, 0.5) is 13.2 Å². The van der Waals surface area contributed by atoms with Crippen molar-refractivity contribution in [3.05, 3.63) is 82.9 Å². The van der Waals surface area contributed by atoms with Crippen LogP contribution >= 0.6 is 0 Å². The van der Waals surface area contributed by atoms with Crippen molar-refractivity contribution in [1.82, 2.24) is 0 Å². The van der Waals surface area contributed by atoms with Crippen molar-refractivity contribution < 1.29 is 42.3 Å². The van der Waals surface area contributed by atoms with E-state index < -0.39 is 35.0 Å². The normalized spacial score (nSPS) is 26.7. The van der Waals surface area contributed by atoms with Gasteiger partial charge >= 0.3 is 6.18 Å². The zero-order valence-corrected chi connectivity index (χ0v) is 19.8. The first kappa shape index (κ1) is 24.3. The summed E-state index contributed by atoms with van der Waals surface area (Å²) in [6, 6.07) is 14.7. The molecule has 2 N–H and O–H groups in total. The molecule has 1 saturated carbocycles. The average Bonchev–Trinajstić information content (AvgIpc) is 3.28. The Morgan fingerprint density at radius 2 is 1.61 bits per heavy atom. The van der Waals surface area contributed by atoms with Gasteiger partial charge in [0.2, 0.25) is 0 Å². The first-order chi connectivity index (χ1) is 17.1. The first-order valence-electron chi connectivity index (χ1n) is 11.3. The Morgan fingerprint density at radius 3 is 2.22 bits per heavy atom. The van der Waals surface area contributed by atoms with Crippen LogP contribution in [0.2, 0.25) is 0 Å². The van der Waals surface area contributed by atoms with E-state index in [0.717, 1.165) is 12.1 Å². The predicted octanol–water partition coefficient (Wildman–Crippen LogP) is 4.76. The highest BCUT2D eigenvalue weighted by molar-refractivity contribution is 5.62. The molecule has 5 rings (SSSR count). The van der Waals surface area contributed by atoms with Crippen LogP contribution in [0.25, 0.3) is 0 Å². The van der Waals surface area contributed by atoms with E-state index in [1.807, 2.05) is 0 Å². The number of methoxy groups -OCH3 is 3. The molecule has 3 aromatic rings. The van der Waals surface area contributed by atoms with Gasteiger partial charge in [0, 0.05) is 18.1 Å². The smallest absolute Gasteiger partial charge is 0.416 e. The summed E-state index contributed by atoms with van der Waals surface area (Å²) in [4.78, 5) is 0. The number of halogens is 3. The number of aliphatic hydroxyl groups is 2. The monoisotopic (exact) mass is 502 g/mol. The van der Waals surface area contributed by atoms with E-state index in [4.69, 9.17) is 18.9 Å². The van der Waals surface area contributed by atoms with E-state index in [2.05, 4.69) is 0 Å². The Bertz CT molecular complexity index is 1290. The quantitative estimate of drug-likeness (QED) is 0.524. The lowest BCUT2D eigenvalue weighted by Gasteiger charge is -2.41. The average molecular weight is 502 g/mol. The number of ether oxygens (including phenoxy) is 4. The van der Waals surface area contributed by atoms with Gasteiger partial charge in [0.1, 0.15) is 23.0 Å². The number of hydrogen-bond donors (Lipinski definition) is 2. The minimum atomic E-state index is -4.56. The highest BCUT2D eigenvalue weighted by Gasteiger charge is 2.73. The number of benzene rings is 3. The Labute approximate surface area is 205 Å². The number of aliphatic hydroxyl groups excluding tert-OH is 1. The number of hydrogen-bond acceptors (Lipinski definition) is 6. The van der Waals surface area contributed by atoms with Crippen molar-refractivity contribution in [1.29, 1.82) is 0 Å². The molecule has 4 unspecified atom stereocenters. The van der Waals surface area contributed by atoms with Gasteiger partial charge < -0.3 is 29.2 Å². The standard InChI is InChI=1S/C27H25F3O6/c1-33-18-9-7-16(8-10-18)26-20(15-5-4-6-17(11-15)27(28,29)30)14-23(31)25(26,32)24-21(35-3)12-19(34-2)13-22(24)36-26/h4-13,20,23,31-32H,14H2,1-3H3. The second-order valence-corrected chi connectivity index (χ2v) is 8.96. The maximum Gasteiger partial charge on any atom is 0.416 e.